The molecule has 0 bridgehead atoms. The molecule has 1 aliphatic rings. The summed E-state index contributed by atoms with van der Waals surface area (Å²) in [7, 11) is 0. The van der Waals surface area contributed by atoms with E-state index < -0.39 is 5.41 Å². The molecular formula is C16H20N2O2. The molecule has 1 fully saturated rings. The molecule has 1 saturated carbocycles. The van der Waals surface area contributed by atoms with Crippen molar-refractivity contribution in [3.63, 3.8) is 0 Å². The SMILES string of the molecule is Cc1cccc(OCCNC(=O)C2(C#N)CCCC2)c1. The molecule has 2 rings (SSSR count). The van der Waals surface area contributed by atoms with Gasteiger partial charge in [0.25, 0.3) is 0 Å². The average Bonchev–Trinajstić information content (AvgIpc) is 2.93. The molecule has 0 saturated heterocycles. The Hall–Kier alpha value is -2.02. The zero-order chi connectivity index (χ0) is 14.4. The Morgan fingerprint density at radius 1 is 1.45 bits per heavy atom. The highest BCUT2D eigenvalue weighted by Crippen LogP contribution is 2.37. The molecule has 0 spiro atoms. The van der Waals surface area contributed by atoms with Crippen molar-refractivity contribution in [1.82, 2.24) is 5.32 Å². The number of rotatable bonds is 5. The summed E-state index contributed by atoms with van der Waals surface area (Å²) < 4.78 is 5.57. The lowest BCUT2D eigenvalue weighted by Gasteiger charge is -2.19. The Kier molecular flexibility index (Phi) is 4.62. The third-order valence-electron chi connectivity index (χ3n) is 3.75. The Morgan fingerprint density at radius 2 is 2.20 bits per heavy atom. The standard InChI is InChI=1S/C16H20N2O2/c1-13-5-4-6-14(11-13)20-10-9-18-15(19)16(12-17)7-2-3-8-16/h4-6,11H,2-3,7-10H2,1H3,(H,18,19). The lowest BCUT2D eigenvalue weighted by molar-refractivity contribution is -0.128. The molecule has 106 valence electrons. The van der Waals surface area contributed by atoms with E-state index in [-0.39, 0.29) is 5.91 Å². The van der Waals surface area contributed by atoms with E-state index in [4.69, 9.17) is 4.74 Å². The van der Waals surface area contributed by atoms with Gasteiger partial charge in [-0.3, -0.25) is 4.79 Å². The third kappa shape index (κ3) is 3.30. The van der Waals surface area contributed by atoms with Crippen LogP contribution in [-0.2, 0) is 4.79 Å². The summed E-state index contributed by atoms with van der Waals surface area (Å²) in [5.74, 6) is 0.653. The molecule has 1 aromatic rings. The van der Waals surface area contributed by atoms with Crippen LogP contribution in [0.5, 0.6) is 5.75 Å². The fourth-order valence-electron chi connectivity index (χ4n) is 2.58. The lowest BCUT2D eigenvalue weighted by atomic mass is 9.87. The summed E-state index contributed by atoms with van der Waals surface area (Å²) in [6, 6.07) is 9.98. The van der Waals surface area contributed by atoms with Gasteiger partial charge in [-0.1, -0.05) is 25.0 Å². The number of nitriles is 1. The number of nitrogens with one attached hydrogen (secondary N) is 1. The highest BCUT2D eigenvalue weighted by Gasteiger charge is 2.41. The van der Waals surface area contributed by atoms with E-state index in [1.54, 1.807) is 0 Å². The minimum atomic E-state index is -0.802. The van der Waals surface area contributed by atoms with Gasteiger partial charge in [-0.05, 0) is 37.5 Å². The number of nitrogens with zero attached hydrogens (tertiary/aromatic N) is 1. The highest BCUT2D eigenvalue weighted by molar-refractivity contribution is 5.85. The highest BCUT2D eigenvalue weighted by atomic mass is 16.5. The van der Waals surface area contributed by atoms with Gasteiger partial charge in [-0.2, -0.15) is 5.26 Å². The summed E-state index contributed by atoms with van der Waals surface area (Å²) in [6.07, 6.45) is 3.27. The predicted molar refractivity (Wildman–Crippen MR) is 76.2 cm³/mol. The molecule has 1 amide bonds. The normalized spacial score (nSPS) is 16.4. The van der Waals surface area contributed by atoms with Crippen molar-refractivity contribution < 1.29 is 9.53 Å². The van der Waals surface area contributed by atoms with E-state index in [1.807, 2.05) is 31.2 Å². The quantitative estimate of drug-likeness (QED) is 0.838. The van der Waals surface area contributed by atoms with E-state index >= 15 is 0 Å². The maximum atomic E-state index is 12.1. The van der Waals surface area contributed by atoms with Gasteiger partial charge in [0.15, 0.2) is 0 Å². The van der Waals surface area contributed by atoms with Gasteiger partial charge in [-0.25, -0.2) is 0 Å². The Balaban J connectivity index is 1.76. The fraction of sp³-hybridized carbons (Fsp3) is 0.500. The monoisotopic (exact) mass is 272 g/mol. The first-order valence-corrected chi connectivity index (χ1v) is 7.05. The molecule has 0 aliphatic heterocycles. The van der Waals surface area contributed by atoms with Gasteiger partial charge in [0, 0.05) is 0 Å². The summed E-state index contributed by atoms with van der Waals surface area (Å²) in [5.41, 5.74) is 0.337. The summed E-state index contributed by atoms with van der Waals surface area (Å²) >= 11 is 0. The topological polar surface area (TPSA) is 62.1 Å². The van der Waals surface area contributed by atoms with Crippen LogP contribution in [0.15, 0.2) is 24.3 Å². The molecule has 0 aromatic heterocycles. The molecule has 0 unspecified atom stereocenters. The number of aryl methyl sites for hydroxylation is 1. The van der Waals surface area contributed by atoms with E-state index in [1.165, 1.54) is 0 Å². The first kappa shape index (κ1) is 14.4. The Bertz CT molecular complexity index is 513. The molecule has 1 aromatic carbocycles. The molecule has 4 heteroatoms. The molecule has 1 aliphatic carbocycles. The van der Waals surface area contributed by atoms with Crippen LogP contribution in [0, 0.1) is 23.7 Å². The number of amides is 1. The second-order valence-electron chi connectivity index (χ2n) is 5.32. The average molecular weight is 272 g/mol. The van der Waals surface area contributed by atoms with Gasteiger partial charge in [-0.15, -0.1) is 0 Å². The van der Waals surface area contributed by atoms with Crippen molar-refractivity contribution in [3.8, 4) is 11.8 Å². The van der Waals surface area contributed by atoms with Gasteiger partial charge in [0.2, 0.25) is 5.91 Å². The van der Waals surface area contributed by atoms with Crippen molar-refractivity contribution in [2.45, 2.75) is 32.6 Å². The Morgan fingerprint density at radius 3 is 2.85 bits per heavy atom. The summed E-state index contributed by atoms with van der Waals surface area (Å²) in [6.45, 7) is 2.85. The van der Waals surface area contributed by atoms with Gasteiger partial charge in [0.1, 0.15) is 17.8 Å². The smallest absolute Gasteiger partial charge is 0.240 e. The Labute approximate surface area is 119 Å². The summed E-state index contributed by atoms with van der Waals surface area (Å²) in [4.78, 5) is 12.1. The number of hydrogen-bond acceptors (Lipinski definition) is 3. The molecule has 0 radical (unpaired) electrons. The van der Waals surface area contributed by atoms with E-state index in [0.717, 1.165) is 24.2 Å². The number of ether oxygens (including phenoxy) is 1. The van der Waals surface area contributed by atoms with E-state index in [9.17, 15) is 10.1 Å². The minimum Gasteiger partial charge on any atom is -0.492 e. The molecule has 0 heterocycles. The minimum absolute atomic E-state index is 0.148. The van der Waals surface area contributed by atoms with Crippen molar-refractivity contribution in [3.05, 3.63) is 29.8 Å². The van der Waals surface area contributed by atoms with Crippen LogP contribution in [-0.4, -0.2) is 19.1 Å². The van der Waals surface area contributed by atoms with Crippen LogP contribution in [0.3, 0.4) is 0 Å². The zero-order valence-corrected chi connectivity index (χ0v) is 11.8. The third-order valence-corrected chi connectivity index (χ3v) is 3.75. The number of hydrogen-bond donors (Lipinski definition) is 1. The van der Waals surface area contributed by atoms with Crippen LogP contribution in [0.2, 0.25) is 0 Å². The van der Waals surface area contributed by atoms with Crippen LogP contribution < -0.4 is 10.1 Å². The molecule has 20 heavy (non-hydrogen) atoms. The van der Waals surface area contributed by atoms with Crippen LogP contribution >= 0.6 is 0 Å². The molecule has 4 nitrogen and oxygen atoms in total. The summed E-state index contributed by atoms with van der Waals surface area (Å²) in [5, 5.41) is 12.0. The second kappa shape index (κ2) is 6.42. The first-order valence-electron chi connectivity index (χ1n) is 7.05. The number of carbonyl (C=O) groups excluding carboxylic acids is 1. The molecular weight excluding hydrogens is 252 g/mol. The van der Waals surface area contributed by atoms with Gasteiger partial charge in [0.05, 0.1) is 12.6 Å². The van der Waals surface area contributed by atoms with Crippen molar-refractivity contribution in [2.24, 2.45) is 5.41 Å². The number of carbonyl (C=O) groups is 1. The molecule has 1 N–H and O–H groups in total. The van der Waals surface area contributed by atoms with E-state index in [2.05, 4.69) is 11.4 Å². The molecule has 0 atom stereocenters. The largest absolute Gasteiger partial charge is 0.492 e. The fourth-order valence-corrected chi connectivity index (χ4v) is 2.58. The maximum absolute atomic E-state index is 12.1. The maximum Gasteiger partial charge on any atom is 0.240 e. The van der Waals surface area contributed by atoms with Crippen molar-refractivity contribution in [1.29, 1.82) is 5.26 Å². The van der Waals surface area contributed by atoms with Crippen LogP contribution in [0.25, 0.3) is 0 Å². The van der Waals surface area contributed by atoms with Gasteiger partial charge >= 0.3 is 0 Å². The van der Waals surface area contributed by atoms with Crippen LogP contribution in [0.1, 0.15) is 31.2 Å². The van der Waals surface area contributed by atoms with Crippen molar-refractivity contribution in [2.75, 3.05) is 13.2 Å². The van der Waals surface area contributed by atoms with Crippen LogP contribution in [0.4, 0.5) is 0 Å². The number of benzene rings is 1. The second-order valence-corrected chi connectivity index (χ2v) is 5.32. The van der Waals surface area contributed by atoms with Crippen molar-refractivity contribution >= 4 is 5.91 Å². The predicted octanol–water partition coefficient (Wildman–Crippen LogP) is 2.57. The van der Waals surface area contributed by atoms with E-state index in [0.29, 0.717) is 26.0 Å². The lowest BCUT2D eigenvalue weighted by Crippen LogP contribution is -2.40. The van der Waals surface area contributed by atoms with Gasteiger partial charge < -0.3 is 10.1 Å². The first-order chi connectivity index (χ1) is 9.66. The zero-order valence-electron chi connectivity index (χ0n) is 11.8.